The van der Waals surface area contributed by atoms with Crippen molar-refractivity contribution in [3.63, 3.8) is 0 Å². The van der Waals surface area contributed by atoms with Gasteiger partial charge < -0.3 is 24.2 Å². The van der Waals surface area contributed by atoms with Crippen LogP contribution in [-0.4, -0.2) is 88.5 Å². The highest BCUT2D eigenvalue weighted by Crippen LogP contribution is 2.55. The number of β-amino-alcohol motifs (C(OH)–C–C–N with tert-alkyl or cyclic N) is 1. The lowest BCUT2D eigenvalue weighted by Crippen LogP contribution is -2.59. The predicted octanol–water partition coefficient (Wildman–Crippen LogP) is 3.63. The van der Waals surface area contributed by atoms with Gasteiger partial charge in [0.05, 0.1) is 43.7 Å². The van der Waals surface area contributed by atoms with E-state index in [2.05, 4.69) is 4.74 Å². The summed E-state index contributed by atoms with van der Waals surface area (Å²) in [4.78, 5) is 30.4. The number of rotatable bonds is 8. The molecule has 0 spiro atoms. The van der Waals surface area contributed by atoms with Crippen molar-refractivity contribution >= 4 is 39.1 Å². The van der Waals surface area contributed by atoms with Crippen molar-refractivity contribution in [2.75, 3.05) is 39.2 Å². The van der Waals surface area contributed by atoms with Gasteiger partial charge in [-0.15, -0.1) is 13.2 Å². The van der Waals surface area contributed by atoms with Crippen molar-refractivity contribution in [1.29, 1.82) is 5.26 Å². The lowest BCUT2D eigenvalue weighted by Gasteiger charge is -2.42. The van der Waals surface area contributed by atoms with E-state index in [0.29, 0.717) is 10.4 Å². The number of fused-ring (bicyclic) bond motifs is 1. The number of halogens is 4. The first-order valence-electron chi connectivity index (χ1n) is 14.1. The summed E-state index contributed by atoms with van der Waals surface area (Å²) < 4.78 is 84.7. The van der Waals surface area contributed by atoms with Crippen LogP contribution in [0.1, 0.15) is 23.1 Å². The first-order valence-corrected chi connectivity index (χ1v) is 15.9. The van der Waals surface area contributed by atoms with Gasteiger partial charge in [-0.05, 0) is 55.0 Å². The smallest absolute Gasteiger partial charge is 0.497 e. The number of carbonyl (C=O) groups excluding carboxylic acids is 2. The zero-order chi connectivity index (χ0) is 35.3. The van der Waals surface area contributed by atoms with Gasteiger partial charge in [0.15, 0.2) is 11.3 Å². The van der Waals surface area contributed by atoms with E-state index in [0.717, 1.165) is 19.2 Å². The lowest BCUT2D eigenvalue weighted by molar-refractivity contribution is -0.275. The number of hydrogen-bond donors (Lipinski definition) is 1. The van der Waals surface area contributed by atoms with Crippen LogP contribution < -0.4 is 18.5 Å². The quantitative estimate of drug-likeness (QED) is 0.368. The molecule has 0 radical (unpaired) electrons. The summed E-state index contributed by atoms with van der Waals surface area (Å²) in [5, 5.41) is 20.8. The fourth-order valence-corrected chi connectivity index (χ4v) is 7.92. The molecule has 3 aromatic carbocycles. The van der Waals surface area contributed by atoms with Crippen LogP contribution in [0.3, 0.4) is 0 Å². The lowest BCUT2D eigenvalue weighted by atomic mass is 9.80. The zero-order valence-electron chi connectivity index (χ0n) is 25.8. The molecule has 17 heteroatoms. The minimum atomic E-state index is -5.34. The number of aliphatic hydroxyl groups excluding tert-OH is 1. The maximum Gasteiger partial charge on any atom is 0.573 e. The molecule has 2 amide bonds. The van der Waals surface area contributed by atoms with Crippen LogP contribution in [0.4, 0.5) is 18.9 Å². The molecule has 2 aliphatic rings. The molecule has 0 aliphatic carbocycles. The maximum atomic E-state index is 15.3. The number of methoxy groups -OCH3 is 2. The molecule has 0 aromatic heterocycles. The summed E-state index contributed by atoms with van der Waals surface area (Å²) in [5.41, 5.74) is -2.82. The fraction of sp³-hybridized carbons (Fsp3) is 0.323. The van der Waals surface area contributed by atoms with Crippen LogP contribution in [0, 0.1) is 11.3 Å². The number of likely N-dealkylation sites (N-methyl/N-ethyl adjacent to an activating group) is 1. The molecular weight excluding hydrogens is 681 g/mol. The van der Waals surface area contributed by atoms with E-state index >= 15 is 4.79 Å². The Kier molecular flexibility index (Phi) is 9.03. The molecular formula is C31H28ClF3N4O8S. The topological polar surface area (TPSA) is 150 Å². The molecule has 2 aliphatic heterocycles. The Bertz CT molecular complexity index is 1950. The minimum absolute atomic E-state index is 0.00416. The van der Waals surface area contributed by atoms with E-state index < -0.39 is 56.5 Å². The van der Waals surface area contributed by atoms with Crippen molar-refractivity contribution in [2.24, 2.45) is 0 Å². The highest BCUT2D eigenvalue weighted by atomic mass is 35.5. The number of aliphatic hydroxyl groups is 1. The molecule has 1 saturated heterocycles. The predicted molar refractivity (Wildman–Crippen MR) is 164 cm³/mol. The van der Waals surface area contributed by atoms with E-state index in [1.165, 1.54) is 67.4 Å². The number of ether oxygens (including phenoxy) is 3. The minimum Gasteiger partial charge on any atom is -0.497 e. The van der Waals surface area contributed by atoms with Crippen LogP contribution >= 0.6 is 11.6 Å². The average Bonchev–Trinajstić information content (AvgIpc) is 3.53. The van der Waals surface area contributed by atoms with Gasteiger partial charge in [-0.2, -0.15) is 5.26 Å². The maximum absolute atomic E-state index is 15.3. The Morgan fingerprint density at radius 3 is 2.38 bits per heavy atom. The van der Waals surface area contributed by atoms with Gasteiger partial charge in [-0.25, -0.2) is 12.7 Å². The summed E-state index contributed by atoms with van der Waals surface area (Å²) in [5.74, 6) is -3.17. The van der Waals surface area contributed by atoms with Gasteiger partial charge in [0, 0.05) is 42.9 Å². The fourth-order valence-electron chi connectivity index (χ4n) is 6.19. The average molecular weight is 709 g/mol. The SMILES string of the molecule is COc1ccc(S(=O)(=O)N2C(=O)C(c3cc(C#N)ccc3OC)(N3C[C@H](O)C[C@H]3C(=O)N(C)C)c3cc(Cl)ccc32)c(OC(F)(F)F)c1. The Hall–Kier alpha value is -4.56. The Labute approximate surface area is 278 Å². The number of alkyl halides is 3. The molecule has 1 unspecified atom stereocenters. The van der Waals surface area contributed by atoms with Crippen molar-refractivity contribution in [3.05, 3.63) is 76.3 Å². The molecule has 5 rings (SSSR count). The third-order valence-corrected chi connectivity index (χ3v) is 10.1. The van der Waals surface area contributed by atoms with Crippen LogP contribution in [0.5, 0.6) is 17.2 Å². The molecule has 48 heavy (non-hydrogen) atoms. The summed E-state index contributed by atoms with van der Waals surface area (Å²) >= 11 is 6.45. The van der Waals surface area contributed by atoms with Gasteiger partial charge in [0.2, 0.25) is 5.91 Å². The van der Waals surface area contributed by atoms with E-state index in [1.807, 2.05) is 6.07 Å². The number of amides is 2. The third kappa shape index (κ3) is 5.66. The van der Waals surface area contributed by atoms with E-state index in [1.54, 1.807) is 0 Å². The van der Waals surface area contributed by atoms with Gasteiger partial charge in [-0.3, -0.25) is 14.5 Å². The van der Waals surface area contributed by atoms with Crippen molar-refractivity contribution < 1.29 is 50.5 Å². The second-order valence-corrected chi connectivity index (χ2v) is 13.3. The Morgan fingerprint density at radius 2 is 1.77 bits per heavy atom. The molecule has 1 fully saturated rings. The summed E-state index contributed by atoms with van der Waals surface area (Å²) in [6, 6.07) is 11.1. The monoisotopic (exact) mass is 708 g/mol. The van der Waals surface area contributed by atoms with E-state index in [-0.39, 0.29) is 51.9 Å². The van der Waals surface area contributed by atoms with Crippen LogP contribution in [0.25, 0.3) is 0 Å². The van der Waals surface area contributed by atoms with E-state index in [9.17, 15) is 36.8 Å². The Morgan fingerprint density at radius 1 is 1.06 bits per heavy atom. The third-order valence-electron chi connectivity index (χ3n) is 8.11. The molecule has 3 aromatic rings. The molecule has 254 valence electrons. The second kappa shape index (κ2) is 12.5. The number of benzene rings is 3. The molecule has 0 bridgehead atoms. The summed E-state index contributed by atoms with van der Waals surface area (Å²) in [7, 11) is 0.0496. The van der Waals surface area contributed by atoms with Gasteiger partial charge in [0.25, 0.3) is 15.9 Å². The standard InChI is InChI=1S/C31H28ClF3N4O8S/c1-37(2)28(41)24-13-19(40)16-38(24)30(22-11-17(15-36)5-9-25(22)46-4)21-12-18(32)6-8-23(21)39(29(30)42)48(43,44)27-10-7-20(45-3)14-26(27)47-31(33,34)35/h5-12,14,19,24,40H,13,16H2,1-4H3/t19-,24+,30?/m1/s1. The number of nitriles is 1. The zero-order valence-corrected chi connectivity index (χ0v) is 27.4. The molecule has 3 atom stereocenters. The van der Waals surface area contributed by atoms with Crippen molar-refractivity contribution in [3.8, 4) is 23.3 Å². The van der Waals surface area contributed by atoms with Crippen LogP contribution in [0.2, 0.25) is 5.02 Å². The summed E-state index contributed by atoms with van der Waals surface area (Å²) in [6.07, 6.45) is -6.69. The Balaban J connectivity index is 1.89. The second-order valence-electron chi connectivity index (χ2n) is 11.1. The van der Waals surface area contributed by atoms with Crippen molar-refractivity contribution in [2.45, 2.75) is 35.4 Å². The highest BCUT2D eigenvalue weighted by molar-refractivity contribution is 7.93. The number of anilines is 1. The summed E-state index contributed by atoms with van der Waals surface area (Å²) in [6.45, 7) is -0.346. The number of carbonyl (C=O) groups is 2. The molecule has 0 saturated carbocycles. The number of nitrogens with zero attached hydrogens (tertiary/aromatic N) is 4. The van der Waals surface area contributed by atoms with Gasteiger partial charge in [0.1, 0.15) is 16.4 Å². The highest BCUT2D eigenvalue weighted by Gasteiger charge is 2.64. The van der Waals surface area contributed by atoms with Crippen LogP contribution in [-0.2, 0) is 25.2 Å². The van der Waals surface area contributed by atoms with E-state index in [4.69, 9.17) is 21.1 Å². The normalized spacial score (nSPS) is 21.1. The molecule has 1 N–H and O–H groups in total. The largest absolute Gasteiger partial charge is 0.573 e. The first kappa shape index (κ1) is 34.8. The van der Waals surface area contributed by atoms with Gasteiger partial charge >= 0.3 is 6.36 Å². The molecule has 2 heterocycles. The first-order chi connectivity index (χ1) is 22.5. The van der Waals surface area contributed by atoms with Gasteiger partial charge in [-0.1, -0.05) is 11.6 Å². The number of sulfonamides is 1. The number of likely N-dealkylation sites (tertiary alicyclic amines) is 1. The molecule has 12 nitrogen and oxygen atoms in total. The van der Waals surface area contributed by atoms with Crippen molar-refractivity contribution in [1.82, 2.24) is 9.80 Å². The van der Waals surface area contributed by atoms with Crippen LogP contribution in [0.15, 0.2) is 59.5 Å². The number of hydrogen-bond acceptors (Lipinski definition) is 10.